The Bertz CT molecular complexity index is 997. The van der Waals surface area contributed by atoms with Gasteiger partial charge in [0.15, 0.2) is 5.75 Å². The zero-order valence-electron chi connectivity index (χ0n) is 17.4. The average molecular weight is 410 g/mol. The van der Waals surface area contributed by atoms with Crippen LogP contribution in [0.5, 0.6) is 5.75 Å². The highest BCUT2D eigenvalue weighted by molar-refractivity contribution is 5.46. The maximum Gasteiger partial charge on any atom is 0.313 e. The molecule has 0 aliphatic heterocycles. The smallest absolute Gasteiger partial charge is 0.313 e. The highest BCUT2D eigenvalue weighted by Crippen LogP contribution is 2.22. The Kier molecular flexibility index (Phi) is 6.89. The monoisotopic (exact) mass is 410 g/mol. The van der Waals surface area contributed by atoms with E-state index in [2.05, 4.69) is 42.6 Å². The third-order valence-corrected chi connectivity index (χ3v) is 4.81. The van der Waals surface area contributed by atoms with Gasteiger partial charge in [-0.2, -0.15) is 14.9 Å². The van der Waals surface area contributed by atoms with Gasteiger partial charge >= 0.3 is 5.56 Å². The second-order valence-corrected chi connectivity index (χ2v) is 7.05. The van der Waals surface area contributed by atoms with Crippen LogP contribution in [0.1, 0.15) is 31.9 Å². The van der Waals surface area contributed by atoms with Crippen molar-refractivity contribution < 1.29 is 4.74 Å². The number of anilines is 1. The molecule has 0 amide bonds. The van der Waals surface area contributed by atoms with Crippen molar-refractivity contribution in [1.29, 1.82) is 0 Å². The fourth-order valence-corrected chi connectivity index (χ4v) is 3.25. The van der Waals surface area contributed by atoms with Crippen LogP contribution in [0.3, 0.4) is 0 Å². The molecule has 0 aromatic carbocycles. The second-order valence-electron chi connectivity index (χ2n) is 7.05. The number of allylic oxidation sites excluding steroid dienone is 3. The summed E-state index contributed by atoms with van der Waals surface area (Å²) in [5.74, 6) is 1.40. The van der Waals surface area contributed by atoms with Crippen molar-refractivity contribution in [3.05, 3.63) is 52.5 Å². The minimum atomic E-state index is -0.319. The summed E-state index contributed by atoms with van der Waals surface area (Å²) in [6.07, 6.45) is 9.61. The predicted octanol–water partition coefficient (Wildman–Crippen LogP) is 1.77. The molecule has 2 aromatic heterocycles. The molecular weight excluding hydrogens is 384 g/mol. The van der Waals surface area contributed by atoms with E-state index >= 15 is 0 Å². The molecule has 2 N–H and O–H groups in total. The van der Waals surface area contributed by atoms with Crippen molar-refractivity contribution in [1.82, 2.24) is 30.3 Å². The van der Waals surface area contributed by atoms with E-state index in [1.54, 1.807) is 25.3 Å². The van der Waals surface area contributed by atoms with Crippen molar-refractivity contribution >= 4 is 18.4 Å². The van der Waals surface area contributed by atoms with E-state index in [0.29, 0.717) is 17.5 Å². The summed E-state index contributed by atoms with van der Waals surface area (Å²) in [7, 11) is 1.45. The summed E-state index contributed by atoms with van der Waals surface area (Å²) >= 11 is 0. The highest BCUT2D eigenvalue weighted by atomic mass is 16.5. The molecule has 2 heterocycles. The van der Waals surface area contributed by atoms with Gasteiger partial charge in [0.2, 0.25) is 5.95 Å². The van der Waals surface area contributed by atoms with Gasteiger partial charge < -0.3 is 15.4 Å². The van der Waals surface area contributed by atoms with Gasteiger partial charge in [0.05, 0.1) is 25.2 Å². The molecule has 1 aliphatic rings. The third-order valence-electron chi connectivity index (χ3n) is 4.81. The Labute approximate surface area is 174 Å². The van der Waals surface area contributed by atoms with Gasteiger partial charge in [0, 0.05) is 23.8 Å². The second kappa shape index (κ2) is 9.77. The molecule has 3 rings (SSSR count). The average Bonchev–Trinajstić information content (AvgIpc) is 3.19. The zero-order chi connectivity index (χ0) is 21.5. The number of rotatable bonds is 8. The molecule has 1 saturated carbocycles. The van der Waals surface area contributed by atoms with E-state index in [0.717, 1.165) is 25.0 Å². The van der Waals surface area contributed by atoms with Crippen molar-refractivity contribution in [2.24, 2.45) is 4.99 Å². The number of methoxy groups -OCH3 is 1. The van der Waals surface area contributed by atoms with Crippen LogP contribution in [-0.2, 0) is 0 Å². The van der Waals surface area contributed by atoms with Crippen LogP contribution in [0.15, 0.2) is 46.2 Å². The molecule has 10 heteroatoms. The molecule has 0 bridgehead atoms. The van der Waals surface area contributed by atoms with E-state index in [1.807, 2.05) is 6.92 Å². The number of ether oxygens (including phenoxy) is 1. The molecule has 1 aliphatic carbocycles. The molecule has 2 atom stereocenters. The van der Waals surface area contributed by atoms with E-state index in [-0.39, 0.29) is 23.4 Å². The number of aromatic nitrogens is 5. The Hall–Kier alpha value is -3.56. The summed E-state index contributed by atoms with van der Waals surface area (Å²) in [6, 6.07) is 2.03. The molecule has 0 unspecified atom stereocenters. The lowest BCUT2D eigenvalue weighted by molar-refractivity contribution is 0.404. The number of aryl methyl sites for hydroxylation is 1. The summed E-state index contributed by atoms with van der Waals surface area (Å²) in [6.45, 7) is 7.28. The summed E-state index contributed by atoms with van der Waals surface area (Å²) in [4.78, 5) is 20.6. The lowest BCUT2D eigenvalue weighted by Gasteiger charge is -2.15. The molecule has 10 nitrogen and oxygen atoms in total. The van der Waals surface area contributed by atoms with Crippen molar-refractivity contribution in [3.63, 3.8) is 0 Å². The normalized spacial score (nSPS) is 19.4. The molecule has 0 radical (unpaired) electrons. The SMILES string of the molecule is C=N/C(=C\C=C(/C)n1nccc(OC)c1=O)N[C@H]1CC[C@H](Nc2ncc(C)nn2)C1. The molecule has 0 spiro atoms. The number of aliphatic imine (C=N–C) groups is 1. The van der Waals surface area contributed by atoms with Gasteiger partial charge in [0.25, 0.3) is 0 Å². The largest absolute Gasteiger partial charge is 0.491 e. The maximum atomic E-state index is 12.3. The first-order valence-corrected chi connectivity index (χ1v) is 9.67. The first-order chi connectivity index (χ1) is 14.5. The number of hydrogen-bond donors (Lipinski definition) is 2. The van der Waals surface area contributed by atoms with Gasteiger partial charge in [-0.05, 0) is 52.0 Å². The summed E-state index contributed by atoms with van der Waals surface area (Å²) < 4.78 is 6.33. The van der Waals surface area contributed by atoms with Gasteiger partial charge in [0.1, 0.15) is 5.82 Å². The van der Waals surface area contributed by atoms with Crippen molar-refractivity contribution in [2.45, 2.75) is 45.2 Å². The standard InChI is InChI=1S/C20H26N8O2/c1-13-12-22-20(27-26-13)25-16-7-6-15(11-16)24-18(21-3)8-5-14(2)28-19(29)17(30-4)9-10-23-28/h5,8-10,12,15-16,24H,3,6-7,11H2,1-2,4H3,(H,22,25,27)/b14-5+,18-8+/t15-,16-/m0/s1. The Balaban J connectivity index is 1.62. The number of hydrogen-bond acceptors (Lipinski definition) is 9. The van der Waals surface area contributed by atoms with E-state index < -0.39 is 0 Å². The topological polar surface area (TPSA) is 119 Å². The Morgan fingerprint density at radius 1 is 1.33 bits per heavy atom. The minimum Gasteiger partial charge on any atom is -0.491 e. The van der Waals surface area contributed by atoms with Crippen LogP contribution in [0.25, 0.3) is 5.70 Å². The summed E-state index contributed by atoms with van der Waals surface area (Å²) in [5.41, 5.74) is 1.10. The van der Waals surface area contributed by atoms with Crippen LogP contribution >= 0.6 is 0 Å². The van der Waals surface area contributed by atoms with E-state index in [4.69, 9.17) is 4.74 Å². The quantitative estimate of drug-likeness (QED) is 0.499. The van der Waals surface area contributed by atoms with Gasteiger partial charge in [-0.15, -0.1) is 5.10 Å². The fourth-order valence-electron chi connectivity index (χ4n) is 3.25. The van der Waals surface area contributed by atoms with Crippen LogP contribution < -0.4 is 20.9 Å². The molecule has 30 heavy (non-hydrogen) atoms. The Morgan fingerprint density at radius 3 is 2.83 bits per heavy atom. The Morgan fingerprint density at radius 2 is 2.13 bits per heavy atom. The number of nitrogens with zero attached hydrogens (tertiary/aromatic N) is 6. The van der Waals surface area contributed by atoms with E-state index in [1.165, 1.54) is 24.1 Å². The summed E-state index contributed by atoms with van der Waals surface area (Å²) in [5, 5.41) is 18.9. The fraction of sp³-hybridized carbons (Fsp3) is 0.400. The molecule has 1 fully saturated rings. The van der Waals surface area contributed by atoms with Crippen LogP contribution in [0, 0.1) is 6.92 Å². The lowest BCUT2D eigenvalue weighted by atomic mass is 10.2. The zero-order valence-corrected chi connectivity index (χ0v) is 17.4. The lowest BCUT2D eigenvalue weighted by Crippen LogP contribution is -2.27. The van der Waals surface area contributed by atoms with Crippen LogP contribution in [0.4, 0.5) is 5.95 Å². The third kappa shape index (κ3) is 5.28. The number of nitrogens with one attached hydrogen (secondary N) is 2. The first-order valence-electron chi connectivity index (χ1n) is 9.67. The molecule has 2 aromatic rings. The molecular formula is C20H26N8O2. The first kappa shape index (κ1) is 21.2. The van der Waals surface area contributed by atoms with Gasteiger partial charge in [-0.3, -0.25) is 4.79 Å². The maximum absolute atomic E-state index is 12.3. The van der Waals surface area contributed by atoms with Crippen molar-refractivity contribution in [3.8, 4) is 5.75 Å². The van der Waals surface area contributed by atoms with Crippen LogP contribution in [0.2, 0.25) is 0 Å². The van der Waals surface area contributed by atoms with Crippen molar-refractivity contribution in [2.75, 3.05) is 12.4 Å². The minimum absolute atomic E-state index is 0.235. The van der Waals surface area contributed by atoms with Crippen LogP contribution in [-0.4, -0.2) is 50.9 Å². The van der Waals surface area contributed by atoms with E-state index in [9.17, 15) is 4.79 Å². The highest BCUT2D eigenvalue weighted by Gasteiger charge is 2.25. The predicted molar refractivity (Wildman–Crippen MR) is 115 cm³/mol. The van der Waals surface area contributed by atoms with Gasteiger partial charge in [-0.25, -0.2) is 9.98 Å². The molecule has 0 saturated heterocycles. The van der Waals surface area contributed by atoms with Gasteiger partial charge in [-0.1, -0.05) is 0 Å². The molecule has 158 valence electrons.